The first kappa shape index (κ1) is 30.9. The van der Waals surface area contributed by atoms with Gasteiger partial charge in [-0.05, 0) is 54.4 Å². The quantitative estimate of drug-likeness (QED) is 0.275. The summed E-state index contributed by atoms with van der Waals surface area (Å²) in [6, 6.07) is 16.9. The highest BCUT2D eigenvalue weighted by atomic mass is 16.5. The SMILES string of the molecule is CC(C)CN(CC(=O)N(CCc1c[nH]c2ccccc12)Cc1ccc(C(C)(C)C)cc1)C[C@H](O)COC(C)C. The van der Waals surface area contributed by atoms with Crippen molar-refractivity contribution in [3.05, 3.63) is 71.4 Å². The number of hydrogen-bond donors (Lipinski definition) is 2. The number of amides is 1. The second kappa shape index (κ2) is 14.1. The summed E-state index contributed by atoms with van der Waals surface area (Å²) in [6.07, 6.45) is 2.25. The zero-order valence-electron chi connectivity index (χ0n) is 25.0. The molecule has 3 rings (SSSR count). The largest absolute Gasteiger partial charge is 0.389 e. The van der Waals surface area contributed by atoms with Crippen molar-refractivity contribution in [1.82, 2.24) is 14.8 Å². The van der Waals surface area contributed by atoms with Crippen molar-refractivity contribution < 1.29 is 14.6 Å². The van der Waals surface area contributed by atoms with Crippen LogP contribution in [-0.2, 0) is 27.9 Å². The Bertz CT molecular complexity index is 1160. The van der Waals surface area contributed by atoms with E-state index in [0.29, 0.717) is 25.6 Å². The molecule has 0 saturated carbocycles. The third kappa shape index (κ3) is 9.79. The number of aliphatic hydroxyl groups is 1. The molecule has 39 heavy (non-hydrogen) atoms. The predicted octanol–water partition coefficient (Wildman–Crippen LogP) is 5.78. The maximum Gasteiger partial charge on any atom is 0.237 e. The van der Waals surface area contributed by atoms with Crippen molar-refractivity contribution in [3.63, 3.8) is 0 Å². The first-order valence-corrected chi connectivity index (χ1v) is 14.4. The molecule has 0 bridgehead atoms. The lowest BCUT2D eigenvalue weighted by Crippen LogP contribution is -2.45. The molecule has 1 heterocycles. The normalized spacial score (nSPS) is 13.1. The van der Waals surface area contributed by atoms with Crippen LogP contribution in [0.5, 0.6) is 0 Å². The van der Waals surface area contributed by atoms with Crippen LogP contribution in [0.15, 0.2) is 54.7 Å². The summed E-state index contributed by atoms with van der Waals surface area (Å²) in [5.74, 6) is 0.452. The smallest absolute Gasteiger partial charge is 0.237 e. The molecule has 2 aromatic carbocycles. The lowest BCUT2D eigenvalue weighted by atomic mass is 9.87. The molecule has 214 valence electrons. The van der Waals surface area contributed by atoms with Gasteiger partial charge in [0.2, 0.25) is 5.91 Å². The zero-order valence-corrected chi connectivity index (χ0v) is 25.0. The number of nitrogens with one attached hydrogen (secondary N) is 1. The van der Waals surface area contributed by atoms with Crippen LogP contribution in [-0.4, -0.2) is 70.8 Å². The Kier molecular flexibility index (Phi) is 11.2. The van der Waals surface area contributed by atoms with E-state index in [-0.39, 0.29) is 30.6 Å². The zero-order chi connectivity index (χ0) is 28.6. The molecule has 0 unspecified atom stereocenters. The minimum Gasteiger partial charge on any atom is -0.389 e. The number of carbonyl (C=O) groups excluding carboxylic acids is 1. The summed E-state index contributed by atoms with van der Waals surface area (Å²) in [6.45, 7) is 17.7. The summed E-state index contributed by atoms with van der Waals surface area (Å²) in [5, 5.41) is 11.8. The highest BCUT2D eigenvalue weighted by molar-refractivity contribution is 5.83. The van der Waals surface area contributed by atoms with E-state index in [9.17, 15) is 9.90 Å². The number of H-pyrrole nitrogens is 1. The highest BCUT2D eigenvalue weighted by Crippen LogP contribution is 2.23. The van der Waals surface area contributed by atoms with Gasteiger partial charge in [-0.3, -0.25) is 9.69 Å². The second-order valence-electron chi connectivity index (χ2n) is 12.5. The molecule has 0 aliphatic rings. The highest BCUT2D eigenvalue weighted by Gasteiger charge is 2.22. The summed E-state index contributed by atoms with van der Waals surface area (Å²) in [4.78, 5) is 21.2. The number of fused-ring (bicyclic) bond motifs is 1. The van der Waals surface area contributed by atoms with E-state index in [4.69, 9.17) is 4.74 Å². The molecule has 0 aliphatic carbocycles. The topological polar surface area (TPSA) is 68.8 Å². The standard InChI is InChI=1S/C33H49N3O3/c1-24(2)19-35(21-29(37)23-39-25(3)4)22-32(38)36(20-26-12-14-28(15-13-26)33(5,6)7)17-16-27-18-34-31-11-9-8-10-30(27)31/h8-15,18,24-25,29,34,37H,16-17,19-23H2,1-7H3/t29-/m0/s1. The molecule has 1 amide bonds. The summed E-state index contributed by atoms with van der Waals surface area (Å²) < 4.78 is 5.61. The molecule has 0 radical (unpaired) electrons. The van der Waals surface area contributed by atoms with Gasteiger partial charge in [0.25, 0.3) is 0 Å². The molecule has 6 heteroatoms. The Morgan fingerprint density at radius 2 is 1.69 bits per heavy atom. The molecule has 6 nitrogen and oxygen atoms in total. The minimum absolute atomic E-state index is 0.0597. The van der Waals surface area contributed by atoms with Crippen molar-refractivity contribution >= 4 is 16.8 Å². The average Bonchev–Trinajstić information content (AvgIpc) is 3.27. The Hall–Kier alpha value is -2.67. The maximum atomic E-state index is 13.8. The molecule has 3 aromatic rings. The van der Waals surface area contributed by atoms with Crippen molar-refractivity contribution in [3.8, 4) is 0 Å². The molecule has 0 spiro atoms. The van der Waals surface area contributed by atoms with Gasteiger partial charge in [-0.25, -0.2) is 0 Å². The molecule has 2 N–H and O–H groups in total. The number of aromatic nitrogens is 1. The number of carbonyl (C=O) groups is 1. The number of nitrogens with zero attached hydrogens (tertiary/aromatic N) is 2. The van der Waals surface area contributed by atoms with Crippen LogP contribution < -0.4 is 0 Å². The summed E-state index contributed by atoms with van der Waals surface area (Å²) >= 11 is 0. The number of para-hydroxylation sites is 1. The number of ether oxygens (including phenoxy) is 1. The lowest BCUT2D eigenvalue weighted by Gasteiger charge is -2.30. The van der Waals surface area contributed by atoms with Crippen molar-refractivity contribution in [2.75, 3.05) is 32.8 Å². The fourth-order valence-corrected chi connectivity index (χ4v) is 4.88. The van der Waals surface area contributed by atoms with Gasteiger partial charge in [0, 0.05) is 43.3 Å². The van der Waals surface area contributed by atoms with Crippen molar-refractivity contribution in [2.24, 2.45) is 5.92 Å². The minimum atomic E-state index is -0.636. The van der Waals surface area contributed by atoms with Gasteiger partial charge >= 0.3 is 0 Å². The van der Waals surface area contributed by atoms with E-state index in [1.165, 1.54) is 16.5 Å². The van der Waals surface area contributed by atoms with Gasteiger partial charge in [-0.1, -0.05) is 77.1 Å². The monoisotopic (exact) mass is 535 g/mol. The number of aliphatic hydroxyl groups excluding tert-OH is 1. The van der Waals surface area contributed by atoms with Crippen LogP contribution in [0.25, 0.3) is 10.9 Å². The first-order valence-electron chi connectivity index (χ1n) is 14.4. The van der Waals surface area contributed by atoms with E-state index >= 15 is 0 Å². The Balaban J connectivity index is 1.76. The van der Waals surface area contributed by atoms with Gasteiger partial charge < -0.3 is 19.7 Å². The van der Waals surface area contributed by atoms with Gasteiger partial charge in [-0.15, -0.1) is 0 Å². The van der Waals surface area contributed by atoms with Crippen LogP contribution >= 0.6 is 0 Å². The number of hydrogen-bond acceptors (Lipinski definition) is 4. The molecular formula is C33H49N3O3. The summed E-state index contributed by atoms with van der Waals surface area (Å²) in [7, 11) is 0. The van der Waals surface area contributed by atoms with Crippen LogP contribution in [0.2, 0.25) is 0 Å². The summed E-state index contributed by atoms with van der Waals surface area (Å²) in [5.41, 5.74) is 4.82. The van der Waals surface area contributed by atoms with E-state index in [1.54, 1.807) is 0 Å². The average molecular weight is 536 g/mol. The molecule has 0 saturated heterocycles. The molecule has 1 atom stereocenters. The fraction of sp³-hybridized carbons (Fsp3) is 0.545. The van der Waals surface area contributed by atoms with E-state index in [0.717, 1.165) is 24.0 Å². The van der Waals surface area contributed by atoms with Gasteiger partial charge in [0.05, 0.1) is 25.4 Å². The number of benzene rings is 2. The first-order chi connectivity index (χ1) is 18.4. The fourth-order valence-electron chi connectivity index (χ4n) is 4.88. The molecular weight excluding hydrogens is 486 g/mol. The van der Waals surface area contributed by atoms with E-state index in [2.05, 4.69) is 93.2 Å². The maximum absolute atomic E-state index is 13.8. The third-order valence-corrected chi connectivity index (χ3v) is 6.95. The van der Waals surface area contributed by atoms with Crippen molar-refractivity contribution in [1.29, 1.82) is 0 Å². The van der Waals surface area contributed by atoms with Gasteiger partial charge in [0.1, 0.15) is 0 Å². The van der Waals surface area contributed by atoms with Crippen LogP contribution in [0, 0.1) is 5.92 Å². The Morgan fingerprint density at radius 3 is 2.33 bits per heavy atom. The van der Waals surface area contributed by atoms with E-state index < -0.39 is 6.10 Å². The molecule has 0 fully saturated rings. The predicted molar refractivity (Wildman–Crippen MR) is 161 cm³/mol. The number of aromatic amines is 1. The van der Waals surface area contributed by atoms with Gasteiger partial charge in [-0.2, -0.15) is 0 Å². The second-order valence-corrected chi connectivity index (χ2v) is 12.5. The molecule has 1 aromatic heterocycles. The third-order valence-electron chi connectivity index (χ3n) is 6.95. The number of rotatable bonds is 14. The lowest BCUT2D eigenvalue weighted by molar-refractivity contribution is -0.133. The Labute approximate surface area is 235 Å². The Morgan fingerprint density at radius 1 is 1.00 bits per heavy atom. The van der Waals surface area contributed by atoms with Crippen LogP contribution in [0.4, 0.5) is 0 Å². The van der Waals surface area contributed by atoms with E-state index in [1.807, 2.05) is 24.8 Å². The molecule has 0 aliphatic heterocycles. The van der Waals surface area contributed by atoms with Crippen LogP contribution in [0.3, 0.4) is 0 Å². The van der Waals surface area contributed by atoms with Crippen LogP contribution in [0.1, 0.15) is 65.2 Å². The van der Waals surface area contributed by atoms with Gasteiger partial charge in [0.15, 0.2) is 0 Å². The van der Waals surface area contributed by atoms with Crippen molar-refractivity contribution in [2.45, 2.75) is 79.1 Å².